The van der Waals surface area contributed by atoms with E-state index in [1.165, 1.54) is 31.0 Å². The number of nitrogens with zero attached hydrogens (tertiary/aromatic N) is 1. The van der Waals surface area contributed by atoms with Crippen LogP contribution < -0.4 is 0 Å². The first-order valence-electron chi connectivity index (χ1n) is 5.15. The van der Waals surface area contributed by atoms with E-state index in [4.69, 9.17) is 0 Å². The summed E-state index contributed by atoms with van der Waals surface area (Å²) in [6.45, 7) is 7.21. The molecule has 1 nitrogen and oxygen atoms in total. The fraction of sp³-hybridized carbons (Fsp3) is 1.00. The van der Waals surface area contributed by atoms with Gasteiger partial charge in [0.2, 0.25) is 0 Å². The number of thioether (sulfide) groups is 1. The van der Waals surface area contributed by atoms with Crippen molar-refractivity contribution in [2.75, 3.05) is 29.9 Å². The van der Waals surface area contributed by atoms with Gasteiger partial charge in [-0.05, 0) is 12.8 Å². The van der Waals surface area contributed by atoms with Gasteiger partial charge in [0.15, 0.2) is 0 Å². The second-order valence-corrected chi connectivity index (χ2v) is 5.64. The number of alkyl halides is 1. The lowest BCUT2D eigenvalue weighted by Crippen LogP contribution is -2.43. The Balaban J connectivity index is 2.32. The maximum atomic E-state index is 3.59. The number of halogens is 1. The van der Waals surface area contributed by atoms with Crippen LogP contribution in [-0.4, -0.2) is 40.9 Å². The molecule has 2 atom stereocenters. The van der Waals surface area contributed by atoms with Crippen molar-refractivity contribution in [1.29, 1.82) is 0 Å². The standard InChI is InChI=1S/C10H20BrNS/c1-3-10(6-11)7-12-4-5-13-8-9(12)2/h9-10H,3-8H2,1-2H3. The van der Waals surface area contributed by atoms with Crippen LogP contribution in [0.25, 0.3) is 0 Å². The van der Waals surface area contributed by atoms with Crippen molar-refractivity contribution in [3.8, 4) is 0 Å². The van der Waals surface area contributed by atoms with Crippen LogP contribution in [0.5, 0.6) is 0 Å². The largest absolute Gasteiger partial charge is 0.299 e. The molecule has 1 fully saturated rings. The molecule has 0 spiro atoms. The normalized spacial score (nSPS) is 27.5. The van der Waals surface area contributed by atoms with Gasteiger partial charge >= 0.3 is 0 Å². The summed E-state index contributed by atoms with van der Waals surface area (Å²) in [7, 11) is 0. The molecule has 0 aromatic rings. The summed E-state index contributed by atoms with van der Waals surface area (Å²) in [6.07, 6.45) is 1.29. The van der Waals surface area contributed by atoms with Gasteiger partial charge in [-0.3, -0.25) is 4.90 Å². The first-order chi connectivity index (χ1) is 6.27. The van der Waals surface area contributed by atoms with E-state index < -0.39 is 0 Å². The zero-order valence-electron chi connectivity index (χ0n) is 8.63. The molecule has 0 aromatic heterocycles. The summed E-state index contributed by atoms with van der Waals surface area (Å²) in [5.74, 6) is 3.48. The third kappa shape index (κ3) is 3.80. The van der Waals surface area contributed by atoms with E-state index in [1.54, 1.807) is 0 Å². The van der Waals surface area contributed by atoms with E-state index >= 15 is 0 Å². The van der Waals surface area contributed by atoms with E-state index in [0.717, 1.165) is 17.3 Å². The van der Waals surface area contributed by atoms with Gasteiger partial charge in [0.25, 0.3) is 0 Å². The fourth-order valence-corrected chi connectivity index (χ4v) is 3.40. The third-order valence-electron chi connectivity index (χ3n) is 2.79. The summed E-state index contributed by atoms with van der Waals surface area (Å²) >= 11 is 5.69. The Morgan fingerprint density at radius 2 is 2.38 bits per heavy atom. The molecule has 1 heterocycles. The lowest BCUT2D eigenvalue weighted by Gasteiger charge is -2.35. The first kappa shape index (κ1) is 11.9. The van der Waals surface area contributed by atoms with Crippen molar-refractivity contribution >= 4 is 27.7 Å². The van der Waals surface area contributed by atoms with Crippen LogP contribution in [0.4, 0.5) is 0 Å². The van der Waals surface area contributed by atoms with E-state index in [2.05, 4.69) is 46.4 Å². The molecular formula is C10H20BrNS. The van der Waals surface area contributed by atoms with Gasteiger partial charge in [0.05, 0.1) is 0 Å². The SMILES string of the molecule is CCC(CBr)CN1CCSCC1C. The minimum atomic E-state index is 0.784. The Morgan fingerprint density at radius 3 is 2.92 bits per heavy atom. The van der Waals surface area contributed by atoms with Crippen molar-refractivity contribution in [2.24, 2.45) is 5.92 Å². The van der Waals surface area contributed by atoms with Crippen LogP contribution >= 0.6 is 27.7 Å². The lowest BCUT2D eigenvalue weighted by atomic mass is 10.1. The molecule has 78 valence electrons. The Morgan fingerprint density at radius 1 is 1.62 bits per heavy atom. The Labute approximate surface area is 94.8 Å². The third-order valence-corrected chi connectivity index (χ3v) is 4.90. The van der Waals surface area contributed by atoms with Crippen LogP contribution in [0, 0.1) is 5.92 Å². The minimum Gasteiger partial charge on any atom is -0.299 e. The minimum absolute atomic E-state index is 0.784. The fourth-order valence-electron chi connectivity index (χ4n) is 1.65. The van der Waals surface area contributed by atoms with Crippen LogP contribution in [0.15, 0.2) is 0 Å². The van der Waals surface area contributed by atoms with Gasteiger partial charge in [-0.2, -0.15) is 11.8 Å². The first-order valence-corrected chi connectivity index (χ1v) is 7.43. The zero-order chi connectivity index (χ0) is 9.68. The molecule has 1 aliphatic rings. The van der Waals surface area contributed by atoms with Gasteiger partial charge in [-0.1, -0.05) is 29.3 Å². The molecule has 0 amide bonds. The van der Waals surface area contributed by atoms with Gasteiger partial charge in [0.1, 0.15) is 0 Å². The van der Waals surface area contributed by atoms with Crippen molar-refractivity contribution in [3.05, 3.63) is 0 Å². The predicted molar refractivity (Wildman–Crippen MR) is 65.9 cm³/mol. The number of hydrogen-bond acceptors (Lipinski definition) is 2. The van der Waals surface area contributed by atoms with E-state index in [1.807, 2.05) is 0 Å². The average molecular weight is 266 g/mol. The molecule has 0 aliphatic carbocycles. The number of hydrogen-bond donors (Lipinski definition) is 0. The van der Waals surface area contributed by atoms with Gasteiger partial charge in [0, 0.05) is 36.0 Å². The molecular weight excluding hydrogens is 246 g/mol. The highest BCUT2D eigenvalue weighted by Crippen LogP contribution is 2.18. The topological polar surface area (TPSA) is 3.24 Å². The molecule has 13 heavy (non-hydrogen) atoms. The van der Waals surface area contributed by atoms with Crippen LogP contribution in [0.2, 0.25) is 0 Å². The number of rotatable bonds is 4. The van der Waals surface area contributed by atoms with Crippen molar-refractivity contribution in [2.45, 2.75) is 26.3 Å². The molecule has 1 rings (SSSR count). The van der Waals surface area contributed by atoms with Gasteiger partial charge < -0.3 is 0 Å². The second-order valence-electron chi connectivity index (χ2n) is 3.85. The van der Waals surface area contributed by atoms with E-state index in [0.29, 0.717) is 0 Å². The lowest BCUT2D eigenvalue weighted by molar-refractivity contribution is 0.201. The zero-order valence-corrected chi connectivity index (χ0v) is 11.0. The summed E-state index contributed by atoms with van der Waals surface area (Å²) in [5.41, 5.74) is 0. The quantitative estimate of drug-likeness (QED) is 0.720. The van der Waals surface area contributed by atoms with Gasteiger partial charge in [-0.15, -0.1) is 0 Å². The molecule has 0 N–H and O–H groups in total. The molecule has 0 aromatic carbocycles. The summed E-state index contributed by atoms with van der Waals surface area (Å²) in [6, 6.07) is 0.784. The van der Waals surface area contributed by atoms with Crippen molar-refractivity contribution in [3.63, 3.8) is 0 Å². The molecule has 0 radical (unpaired) electrons. The maximum absolute atomic E-state index is 3.59. The summed E-state index contributed by atoms with van der Waals surface area (Å²) in [4.78, 5) is 2.64. The summed E-state index contributed by atoms with van der Waals surface area (Å²) in [5, 5.41) is 1.15. The smallest absolute Gasteiger partial charge is 0.0158 e. The highest BCUT2D eigenvalue weighted by atomic mass is 79.9. The Bertz CT molecular complexity index is 139. The maximum Gasteiger partial charge on any atom is 0.0158 e. The van der Waals surface area contributed by atoms with Crippen molar-refractivity contribution < 1.29 is 0 Å². The molecule has 3 heteroatoms. The van der Waals surface area contributed by atoms with E-state index in [-0.39, 0.29) is 0 Å². The second kappa shape index (κ2) is 6.31. The van der Waals surface area contributed by atoms with Crippen LogP contribution in [0.3, 0.4) is 0 Å². The van der Waals surface area contributed by atoms with Crippen molar-refractivity contribution in [1.82, 2.24) is 4.90 Å². The molecule has 0 bridgehead atoms. The highest BCUT2D eigenvalue weighted by molar-refractivity contribution is 9.09. The predicted octanol–water partition coefficient (Wildman–Crippen LogP) is 2.84. The Hall–Kier alpha value is 0.790. The Kier molecular flexibility index (Phi) is 5.75. The molecule has 1 aliphatic heterocycles. The van der Waals surface area contributed by atoms with Gasteiger partial charge in [-0.25, -0.2) is 0 Å². The summed E-state index contributed by atoms with van der Waals surface area (Å²) < 4.78 is 0. The van der Waals surface area contributed by atoms with Crippen LogP contribution in [0.1, 0.15) is 20.3 Å². The molecule has 0 saturated carbocycles. The van der Waals surface area contributed by atoms with E-state index in [9.17, 15) is 0 Å². The average Bonchev–Trinajstić information content (AvgIpc) is 2.17. The highest BCUT2D eigenvalue weighted by Gasteiger charge is 2.20. The monoisotopic (exact) mass is 265 g/mol. The molecule has 2 unspecified atom stereocenters. The van der Waals surface area contributed by atoms with Crippen LogP contribution in [-0.2, 0) is 0 Å². The molecule has 1 saturated heterocycles.